The minimum atomic E-state index is 1.04. The predicted octanol–water partition coefficient (Wildman–Crippen LogP) is 4.76. The van der Waals surface area contributed by atoms with Crippen LogP contribution in [0.4, 0.5) is 0 Å². The molecule has 0 aliphatic carbocycles. The molecule has 0 amide bonds. The second-order valence-electron chi connectivity index (χ2n) is 5.33. The van der Waals surface area contributed by atoms with Crippen LogP contribution in [0.3, 0.4) is 0 Å². The van der Waals surface area contributed by atoms with E-state index in [1.54, 1.807) is 0 Å². The molecule has 18 heavy (non-hydrogen) atoms. The summed E-state index contributed by atoms with van der Waals surface area (Å²) in [6.45, 7) is 4.49. The van der Waals surface area contributed by atoms with Crippen LogP contribution >= 0.6 is 0 Å². The van der Waals surface area contributed by atoms with Crippen molar-refractivity contribution in [1.82, 2.24) is 4.90 Å². The quantitative estimate of drug-likeness (QED) is 0.482. The van der Waals surface area contributed by atoms with Gasteiger partial charge in [0.15, 0.2) is 0 Å². The molecular formula is C16H30N2. The van der Waals surface area contributed by atoms with Crippen molar-refractivity contribution in [3.63, 3.8) is 0 Å². The Morgan fingerprint density at radius 2 is 1.50 bits per heavy atom. The Hall–Kier alpha value is -0.790. The van der Waals surface area contributed by atoms with Gasteiger partial charge in [0.05, 0.1) is 6.34 Å². The summed E-state index contributed by atoms with van der Waals surface area (Å²) in [7, 11) is 0. The Morgan fingerprint density at radius 1 is 0.889 bits per heavy atom. The first kappa shape index (κ1) is 15.3. The molecule has 0 saturated heterocycles. The molecule has 0 spiro atoms. The normalized spacial score (nSPS) is 14.4. The zero-order valence-corrected chi connectivity index (χ0v) is 12.1. The highest BCUT2D eigenvalue weighted by Crippen LogP contribution is 2.10. The van der Waals surface area contributed by atoms with E-state index in [0.717, 1.165) is 6.54 Å². The molecule has 0 unspecified atom stereocenters. The Balaban J connectivity index is 1.76. The summed E-state index contributed by atoms with van der Waals surface area (Å²) in [4.78, 5) is 6.44. The van der Waals surface area contributed by atoms with Crippen LogP contribution in [0, 0.1) is 0 Å². The maximum atomic E-state index is 4.14. The van der Waals surface area contributed by atoms with Crippen molar-refractivity contribution in [3.8, 4) is 0 Å². The highest BCUT2D eigenvalue weighted by molar-refractivity contribution is 5.57. The lowest BCUT2D eigenvalue weighted by atomic mass is 10.1. The highest BCUT2D eigenvalue weighted by atomic mass is 15.1. The number of aliphatic imine (C=N–C) groups is 1. The largest absolute Gasteiger partial charge is 0.359 e. The van der Waals surface area contributed by atoms with Crippen molar-refractivity contribution < 1.29 is 0 Å². The maximum Gasteiger partial charge on any atom is 0.0907 e. The SMILES string of the molecule is CCCCCCCCCCCCN1C=NC=CC1. The lowest BCUT2D eigenvalue weighted by molar-refractivity contribution is 0.439. The minimum Gasteiger partial charge on any atom is -0.359 e. The van der Waals surface area contributed by atoms with Crippen molar-refractivity contribution in [2.75, 3.05) is 13.1 Å². The van der Waals surface area contributed by atoms with Crippen molar-refractivity contribution in [2.24, 2.45) is 4.99 Å². The summed E-state index contributed by atoms with van der Waals surface area (Å²) in [6, 6.07) is 0. The van der Waals surface area contributed by atoms with E-state index in [0.29, 0.717) is 0 Å². The third-order valence-corrected chi connectivity index (χ3v) is 3.56. The van der Waals surface area contributed by atoms with Gasteiger partial charge in [-0.3, -0.25) is 0 Å². The van der Waals surface area contributed by atoms with Crippen molar-refractivity contribution in [3.05, 3.63) is 12.3 Å². The first-order chi connectivity index (χ1) is 8.93. The zero-order valence-electron chi connectivity index (χ0n) is 12.1. The monoisotopic (exact) mass is 250 g/mol. The molecule has 0 aromatic carbocycles. The summed E-state index contributed by atoms with van der Waals surface area (Å²) in [5.41, 5.74) is 0. The van der Waals surface area contributed by atoms with Gasteiger partial charge in [-0.2, -0.15) is 0 Å². The van der Waals surface area contributed by atoms with Crippen LogP contribution < -0.4 is 0 Å². The third kappa shape index (κ3) is 8.32. The molecule has 0 bridgehead atoms. The molecule has 2 heteroatoms. The van der Waals surface area contributed by atoms with Gasteiger partial charge in [-0.15, -0.1) is 0 Å². The van der Waals surface area contributed by atoms with E-state index in [2.05, 4.69) is 22.9 Å². The summed E-state index contributed by atoms with van der Waals surface area (Å²) in [6.07, 6.45) is 20.1. The highest BCUT2D eigenvalue weighted by Gasteiger charge is 1.99. The topological polar surface area (TPSA) is 15.6 Å². The Labute approximate surface area is 113 Å². The second-order valence-corrected chi connectivity index (χ2v) is 5.33. The molecular weight excluding hydrogens is 220 g/mol. The number of hydrogen-bond acceptors (Lipinski definition) is 2. The first-order valence-electron chi connectivity index (χ1n) is 7.86. The number of hydrogen-bond donors (Lipinski definition) is 0. The lowest BCUT2D eigenvalue weighted by Crippen LogP contribution is -2.24. The van der Waals surface area contributed by atoms with Gasteiger partial charge in [0, 0.05) is 19.3 Å². The van der Waals surface area contributed by atoms with Crippen LogP contribution in [0.15, 0.2) is 17.3 Å². The van der Waals surface area contributed by atoms with Crippen LogP contribution in [0.1, 0.15) is 71.1 Å². The first-order valence-corrected chi connectivity index (χ1v) is 7.86. The van der Waals surface area contributed by atoms with E-state index in [4.69, 9.17) is 0 Å². The van der Waals surface area contributed by atoms with E-state index in [1.165, 1.54) is 70.8 Å². The van der Waals surface area contributed by atoms with Gasteiger partial charge in [-0.05, 0) is 12.5 Å². The Bertz CT molecular complexity index is 233. The summed E-state index contributed by atoms with van der Waals surface area (Å²) >= 11 is 0. The fourth-order valence-corrected chi connectivity index (χ4v) is 2.37. The summed E-state index contributed by atoms with van der Waals surface area (Å²) < 4.78 is 0. The molecule has 0 saturated carbocycles. The van der Waals surface area contributed by atoms with E-state index >= 15 is 0 Å². The van der Waals surface area contributed by atoms with E-state index < -0.39 is 0 Å². The van der Waals surface area contributed by atoms with Crippen LogP contribution in [0.5, 0.6) is 0 Å². The van der Waals surface area contributed by atoms with Crippen molar-refractivity contribution in [1.29, 1.82) is 0 Å². The average molecular weight is 250 g/mol. The Kier molecular flexibility index (Phi) is 9.59. The van der Waals surface area contributed by atoms with Crippen LogP contribution in [-0.4, -0.2) is 24.3 Å². The Morgan fingerprint density at radius 3 is 2.06 bits per heavy atom. The van der Waals surface area contributed by atoms with Crippen LogP contribution in [-0.2, 0) is 0 Å². The second kappa shape index (κ2) is 11.3. The molecule has 0 N–H and O–H groups in total. The van der Waals surface area contributed by atoms with E-state index in [9.17, 15) is 0 Å². The number of unbranched alkanes of at least 4 members (excludes halogenated alkanes) is 9. The van der Waals surface area contributed by atoms with Crippen LogP contribution in [0.2, 0.25) is 0 Å². The average Bonchev–Trinajstić information content (AvgIpc) is 2.42. The van der Waals surface area contributed by atoms with E-state index in [1.807, 2.05) is 12.5 Å². The number of nitrogens with zero attached hydrogens (tertiary/aromatic N) is 2. The molecule has 2 nitrogen and oxygen atoms in total. The molecule has 104 valence electrons. The van der Waals surface area contributed by atoms with E-state index in [-0.39, 0.29) is 0 Å². The summed E-state index contributed by atoms with van der Waals surface area (Å²) in [5, 5.41) is 0. The van der Waals surface area contributed by atoms with Gasteiger partial charge in [0.1, 0.15) is 0 Å². The predicted molar refractivity (Wildman–Crippen MR) is 81.0 cm³/mol. The molecule has 1 aliphatic heterocycles. The minimum absolute atomic E-state index is 1.04. The molecule has 1 rings (SSSR count). The number of rotatable bonds is 11. The van der Waals surface area contributed by atoms with Crippen molar-refractivity contribution in [2.45, 2.75) is 71.1 Å². The fourth-order valence-electron chi connectivity index (χ4n) is 2.37. The van der Waals surface area contributed by atoms with Crippen molar-refractivity contribution >= 4 is 6.34 Å². The standard InChI is InChI=1S/C16H30N2/c1-2-3-4-5-6-7-8-9-10-11-14-18-15-12-13-17-16-18/h12-13,16H,2-11,14-15H2,1H3. The molecule has 0 fully saturated rings. The van der Waals surface area contributed by atoms with Crippen LogP contribution in [0.25, 0.3) is 0 Å². The van der Waals surface area contributed by atoms with Gasteiger partial charge >= 0.3 is 0 Å². The molecule has 0 atom stereocenters. The molecule has 1 heterocycles. The van der Waals surface area contributed by atoms with Gasteiger partial charge in [-0.25, -0.2) is 4.99 Å². The van der Waals surface area contributed by atoms with Gasteiger partial charge < -0.3 is 4.90 Å². The molecule has 0 aromatic rings. The smallest absolute Gasteiger partial charge is 0.0907 e. The molecule has 0 radical (unpaired) electrons. The summed E-state index contributed by atoms with van der Waals surface area (Å²) in [5.74, 6) is 0. The lowest BCUT2D eigenvalue weighted by Gasteiger charge is -2.18. The zero-order chi connectivity index (χ0) is 12.9. The molecule has 1 aliphatic rings. The van der Waals surface area contributed by atoms with Gasteiger partial charge in [-0.1, -0.05) is 64.7 Å². The van der Waals surface area contributed by atoms with Gasteiger partial charge in [0.25, 0.3) is 0 Å². The third-order valence-electron chi connectivity index (χ3n) is 3.56. The molecule has 0 aromatic heterocycles. The van der Waals surface area contributed by atoms with Gasteiger partial charge in [0.2, 0.25) is 0 Å². The fraction of sp³-hybridized carbons (Fsp3) is 0.812. The maximum absolute atomic E-state index is 4.14.